The van der Waals surface area contributed by atoms with Gasteiger partial charge in [0.25, 0.3) is 5.56 Å². The summed E-state index contributed by atoms with van der Waals surface area (Å²) < 4.78 is 12.4. The van der Waals surface area contributed by atoms with Crippen LogP contribution >= 0.6 is 15.9 Å². The van der Waals surface area contributed by atoms with Gasteiger partial charge in [-0.2, -0.15) is 0 Å². The molecule has 0 aliphatic carbocycles. The zero-order valence-corrected chi connectivity index (χ0v) is 15.7. The van der Waals surface area contributed by atoms with Crippen LogP contribution in [0.3, 0.4) is 0 Å². The molecule has 0 aliphatic rings. The molecule has 7 nitrogen and oxygen atoms in total. The fourth-order valence-electron chi connectivity index (χ4n) is 2.50. The van der Waals surface area contributed by atoms with E-state index in [1.807, 2.05) is 0 Å². The summed E-state index contributed by atoms with van der Waals surface area (Å²) >= 11 is 3.33. The molecule has 0 radical (unpaired) electrons. The third kappa shape index (κ3) is 3.70. The van der Waals surface area contributed by atoms with E-state index < -0.39 is 0 Å². The van der Waals surface area contributed by atoms with E-state index in [9.17, 15) is 9.59 Å². The van der Waals surface area contributed by atoms with Gasteiger partial charge in [-0.05, 0) is 30.3 Å². The number of nitrogens with zero attached hydrogens (tertiary/aromatic N) is 2. The monoisotopic (exact) mass is 417 g/mol. The van der Waals surface area contributed by atoms with E-state index in [4.69, 9.17) is 9.47 Å². The van der Waals surface area contributed by atoms with Crippen LogP contribution in [0.2, 0.25) is 0 Å². The van der Waals surface area contributed by atoms with Crippen molar-refractivity contribution in [3.63, 3.8) is 0 Å². The number of fused-ring (bicyclic) bond motifs is 1. The van der Waals surface area contributed by atoms with E-state index in [2.05, 4.69) is 26.2 Å². The van der Waals surface area contributed by atoms with Crippen LogP contribution in [-0.2, 0) is 11.3 Å². The molecule has 2 aromatic carbocycles. The molecule has 3 rings (SSSR count). The highest BCUT2D eigenvalue weighted by Gasteiger charge is 2.12. The Bertz CT molecular complexity index is 1030. The molecule has 0 aliphatic heterocycles. The molecule has 134 valence electrons. The number of hydrogen-bond donors (Lipinski definition) is 1. The summed E-state index contributed by atoms with van der Waals surface area (Å²) in [7, 11) is 3.04. The summed E-state index contributed by atoms with van der Waals surface area (Å²) in [5.74, 6) is 0.692. The van der Waals surface area contributed by atoms with E-state index in [1.165, 1.54) is 25.1 Å². The van der Waals surface area contributed by atoms with E-state index in [0.717, 1.165) is 4.47 Å². The summed E-state index contributed by atoms with van der Waals surface area (Å²) in [4.78, 5) is 29.2. The Morgan fingerprint density at radius 3 is 2.73 bits per heavy atom. The summed E-state index contributed by atoms with van der Waals surface area (Å²) in [5, 5.41) is 3.17. The molecule has 0 saturated carbocycles. The number of amides is 1. The van der Waals surface area contributed by atoms with Gasteiger partial charge >= 0.3 is 0 Å². The lowest BCUT2D eigenvalue weighted by molar-refractivity contribution is -0.116. The van der Waals surface area contributed by atoms with Crippen LogP contribution in [0.4, 0.5) is 5.69 Å². The molecule has 0 saturated heterocycles. The predicted octanol–water partition coefficient (Wildman–Crippen LogP) is 2.81. The van der Waals surface area contributed by atoms with Crippen LogP contribution in [0.15, 0.2) is 52.0 Å². The Balaban J connectivity index is 1.86. The van der Waals surface area contributed by atoms with Gasteiger partial charge in [-0.25, -0.2) is 4.98 Å². The van der Waals surface area contributed by atoms with Gasteiger partial charge in [0, 0.05) is 10.5 Å². The summed E-state index contributed by atoms with van der Waals surface area (Å²) in [6, 6.07) is 10.3. The molecule has 8 heteroatoms. The Labute approximate surface area is 157 Å². The van der Waals surface area contributed by atoms with E-state index in [0.29, 0.717) is 28.1 Å². The van der Waals surface area contributed by atoms with E-state index in [-0.39, 0.29) is 18.0 Å². The maximum atomic E-state index is 12.6. The van der Waals surface area contributed by atoms with Crippen LogP contribution in [-0.4, -0.2) is 29.7 Å². The molecular weight excluding hydrogens is 402 g/mol. The number of benzene rings is 2. The first-order valence-electron chi connectivity index (χ1n) is 7.68. The van der Waals surface area contributed by atoms with Crippen molar-refractivity contribution in [3.05, 3.63) is 57.6 Å². The molecule has 0 spiro atoms. The Morgan fingerprint density at radius 1 is 1.19 bits per heavy atom. The number of hydrogen-bond acceptors (Lipinski definition) is 5. The maximum absolute atomic E-state index is 12.6. The van der Waals surface area contributed by atoms with Gasteiger partial charge in [0.2, 0.25) is 5.91 Å². The number of anilines is 1. The third-order valence-corrected chi connectivity index (χ3v) is 4.27. The van der Waals surface area contributed by atoms with Crippen molar-refractivity contribution < 1.29 is 14.3 Å². The Kier molecular flexibility index (Phi) is 5.22. The molecule has 1 N–H and O–H groups in total. The molecule has 3 aromatic rings. The summed E-state index contributed by atoms with van der Waals surface area (Å²) in [5.41, 5.74) is 0.745. The number of ether oxygens (including phenoxy) is 2. The topological polar surface area (TPSA) is 82.4 Å². The molecule has 1 amide bonds. The quantitative estimate of drug-likeness (QED) is 0.689. The number of carbonyl (C=O) groups excluding carboxylic acids is 1. The number of aromatic nitrogens is 2. The van der Waals surface area contributed by atoms with Crippen molar-refractivity contribution in [2.24, 2.45) is 0 Å². The second-order valence-electron chi connectivity index (χ2n) is 5.45. The average Bonchev–Trinajstić information content (AvgIpc) is 2.64. The highest BCUT2D eigenvalue weighted by molar-refractivity contribution is 9.10. The van der Waals surface area contributed by atoms with E-state index in [1.54, 1.807) is 36.4 Å². The number of methoxy groups -OCH3 is 2. The zero-order chi connectivity index (χ0) is 18.7. The van der Waals surface area contributed by atoms with Crippen LogP contribution in [0.5, 0.6) is 11.5 Å². The molecule has 1 heterocycles. The fraction of sp³-hybridized carbons (Fsp3) is 0.167. The van der Waals surface area contributed by atoms with Crippen LogP contribution in [0.25, 0.3) is 10.9 Å². The minimum Gasteiger partial charge on any atom is -0.497 e. The second kappa shape index (κ2) is 7.57. The molecule has 0 unspecified atom stereocenters. The Hall–Kier alpha value is -2.87. The number of nitrogens with one attached hydrogen (secondary N) is 1. The lowest BCUT2D eigenvalue weighted by Gasteiger charge is -2.12. The van der Waals surface area contributed by atoms with Crippen molar-refractivity contribution >= 4 is 38.4 Å². The van der Waals surface area contributed by atoms with Crippen molar-refractivity contribution in [1.29, 1.82) is 0 Å². The normalized spacial score (nSPS) is 10.6. The van der Waals surface area contributed by atoms with E-state index >= 15 is 0 Å². The lowest BCUT2D eigenvalue weighted by atomic mass is 10.2. The first-order chi connectivity index (χ1) is 12.5. The van der Waals surface area contributed by atoms with Gasteiger partial charge in [-0.3, -0.25) is 14.2 Å². The average molecular weight is 418 g/mol. The molecule has 1 aromatic heterocycles. The maximum Gasteiger partial charge on any atom is 0.261 e. The molecule has 0 atom stereocenters. The number of rotatable bonds is 5. The SMILES string of the molecule is COc1ccc(OC)c(NC(=O)Cn2cnc3ccc(Br)cc3c2=O)c1. The van der Waals surface area contributed by atoms with Crippen molar-refractivity contribution in [1.82, 2.24) is 9.55 Å². The fourth-order valence-corrected chi connectivity index (χ4v) is 2.86. The van der Waals surface area contributed by atoms with Crippen LogP contribution < -0.4 is 20.3 Å². The van der Waals surface area contributed by atoms with Gasteiger partial charge < -0.3 is 14.8 Å². The van der Waals surface area contributed by atoms with Gasteiger partial charge in [-0.15, -0.1) is 0 Å². The molecular formula is C18H16BrN3O4. The number of halogens is 1. The van der Waals surface area contributed by atoms with Crippen LogP contribution in [0, 0.1) is 0 Å². The smallest absolute Gasteiger partial charge is 0.261 e. The minimum atomic E-state index is -0.380. The lowest BCUT2D eigenvalue weighted by Crippen LogP contribution is -2.28. The predicted molar refractivity (Wildman–Crippen MR) is 102 cm³/mol. The zero-order valence-electron chi connectivity index (χ0n) is 14.2. The summed E-state index contributed by atoms with van der Waals surface area (Å²) in [6.45, 7) is -0.172. The first kappa shape index (κ1) is 17.9. The third-order valence-electron chi connectivity index (χ3n) is 3.78. The van der Waals surface area contributed by atoms with Gasteiger partial charge in [0.05, 0.1) is 37.1 Å². The van der Waals surface area contributed by atoms with Crippen molar-refractivity contribution in [3.8, 4) is 11.5 Å². The standard InChI is InChI=1S/C18H16BrN3O4/c1-25-12-4-6-16(26-2)15(8-12)21-17(23)9-22-10-20-14-5-3-11(19)7-13(14)18(22)24/h3-8,10H,9H2,1-2H3,(H,21,23). The first-order valence-corrected chi connectivity index (χ1v) is 8.47. The van der Waals surface area contributed by atoms with Gasteiger partial charge in [0.15, 0.2) is 0 Å². The Morgan fingerprint density at radius 2 is 2.00 bits per heavy atom. The highest BCUT2D eigenvalue weighted by Crippen LogP contribution is 2.28. The van der Waals surface area contributed by atoms with Gasteiger partial charge in [0.1, 0.15) is 18.0 Å². The molecule has 0 fully saturated rings. The number of carbonyl (C=O) groups is 1. The van der Waals surface area contributed by atoms with Crippen LogP contribution in [0.1, 0.15) is 0 Å². The van der Waals surface area contributed by atoms with Crippen molar-refractivity contribution in [2.75, 3.05) is 19.5 Å². The molecule has 26 heavy (non-hydrogen) atoms. The molecule has 0 bridgehead atoms. The van der Waals surface area contributed by atoms with Gasteiger partial charge in [-0.1, -0.05) is 15.9 Å². The second-order valence-corrected chi connectivity index (χ2v) is 6.37. The largest absolute Gasteiger partial charge is 0.497 e. The highest BCUT2D eigenvalue weighted by atomic mass is 79.9. The van der Waals surface area contributed by atoms with Crippen molar-refractivity contribution in [2.45, 2.75) is 6.54 Å². The summed E-state index contributed by atoms with van der Waals surface area (Å²) in [6.07, 6.45) is 1.36. The minimum absolute atomic E-state index is 0.172.